The number of methoxy groups -OCH3 is 1. The van der Waals surface area contributed by atoms with Crippen LogP contribution in [-0.2, 0) is 11.4 Å². The minimum Gasteiger partial charge on any atom is -0.588 e. The van der Waals surface area contributed by atoms with Crippen molar-refractivity contribution in [3.8, 4) is 5.75 Å². The Hall–Kier alpha value is -2.43. The minimum absolute atomic E-state index is 0.131. The molecule has 2 aromatic rings. The van der Waals surface area contributed by atoms with Gasteiger partial charge in [-0.25, -0.2) is 17.9 Å². The fourth-order valence-corrected chi connectivity index (χ4v) is 3.95. The van der Waals surface area contributed by atoms with Gasteiger partial charge in [-0.2, -0.15) is 0 Å². The molecule has 1 aliphatic heterocycles. The van der Waals surface area contributed by atoms with Crippen LogP contribution in [0.4, 0.5) is 24.5 Å². The third kappa shape index (κ3) is 4.95. The zero-order chi connectivity index (χ0) is 21.0. The summed E-state index contributed by atoms with van der Waals surface area (Å²) in [7, 11) is 1.55. The van der Waals surface area contributed by atoms with E-state index in [0.29, 0.717) is 10.6 Å². The van der Waals surface area contributed by atoms with Crippen molar-refractivity contribution < 1.29 is 22.5 Å². The summed E-state index contributed by atoms with van der Waals surface area (Å²) in [4.78, 5) is 2.47. The maximum Gasteiger partial charge on any atom is 0.280 e. The zero-order valence-electron chi connectivity index (χ0n) is 15.7. The highest BCUT2D eigenvalue weighted by Gasteiger charge is 2.23. The summed E-state index contributed by atoms with van der Waals surface area (Å²) in [6, 6.07) is 7.97. The lowest BCUT2D eigenvalue weighted by Crippen LogP contribution is -2.43. The van der Waals surface area contributed by atoms with E-state index in [9.17, 15) is 17.7 Å². The summed E-state index contributed by atoms with van der Waals surface area (Å²) < 4.78 is 60.4. The lowest BCUT2D eigenvalue weighted by Gasteiger charge is -2.30. The Balaban J connectivity index is 1.89. The summed E-state index contributed by atoms with van der Waals surface area (Å²) in [5.41, 5.74) is -0.541. The highest BCUT2D eigenvalue weighted by molar-refractivity contribution is 7.92. The predicted molar refractivity (Wildman–Crippen MR) is 107 cm³/mol. The lowest BCUT2D eigenvalue weighted by atomic mass is 10.1. The van der Waals surface area contributed by atoms with Gasteiger partial charge in [0.15, 0.2) is 4.90 Å². The van der Waals surface area contributed by atoms with E-state index in [2.05, 4.69) is 14.9 Å². The monoisotopic (exact) mass is 426 g/mol. The van der Waals surface area contributed by atoms with Crippen molar-refractivity contribution in [3.63, 3.8) is 0 Å². The summed E-state index contributed by atoms with van der Waals surface area (Å²) in [6.45, 7) is 3.10. The molecule has 156 valence electrons. The largest absolute Gasteiger partial charge is 0.588 e. The van der Waals surface area contributed by atoms with Gasteiger partial charge >= 0.3 is 0 Å². The van der Waals surface area contributed by atoms with Crippen molar-refractivity contribution >= 4 is 28.4 Å². The zero-order valence-corrected chi connectivity index (χ0v) is 16.5. The summed E-state index contributed by atoms with van der Waals surface area (Å²) in [5.74, 6) is -0.0647. The fourth-order valence-electron chi connectivity index (χ4n) is 3.05. The van der Waals surface area contributed by atoms with E-state index < -0.39 is 29.3 Å². The number of ether oxygens (including phenoxy) is 1. The van der Waals surface area contributed by atoms with Crippen molar-refractivity contribution in [2.75, 3.05) is 42.9 Å². The van der Waals surface area contributed by atoms with E-state index in [0.717, 1.165) is 50.1 Å². The van der Waals surface area contributed by atoms with Crippen LogP contribution in [0.3, 0.4) is 0 Å². The van der Waals surface area contributed by atoms with Crippen molar-refractivity contribution in [2.24, 2.45) is 0 Å². The van der Waals surface area contributed by atoms with Crippen molar-refractivity contribution in [3.05, 3.63) is 47.8 Å². The highest BCUT2D eigenvalue weighted by atomic mass is 32.2. The number of hydrogen-bond acceptors (Lipinski definition) is 6. The second kappa shape index (κ2) is 9.38. The molecule has 3 rings (SSSR count). The first-order chi connectivity index (χ1) is 13.9. The van der Waals surface area contributed by atoms with E-state index in [4.69, 9.17) is 10.1 Å². The molecule has 1 saturated heterocycles. The van der Waals surface area contributed by atoms with Crippen LogP contribution < -0.4 is 19.7 Å². The van der Waals surface area contributed by atoms with Gasteiger partial charge in [-0.15, -0.1) is 0 Å². The van der Waals surface area contributed by atoms with Crippen molar-refractivity contribution in [2.45, 2.75) is 11.3 Å². The van der Waals surface area contributed by atoms with Crippen LogP contribution >= 0.6 is 0 Å². The van der Waals surface area contributed by atoms with Gasteiger partial charge < -0.3 is 19.5 Å². The second-order valence-corrected chi connectivity index (χ2v) is 7.56. The molecule has 1 aliphatic rings. The maximum atomic E-state index is 13.6. The summed E-state index contributed by atoms with van der Waals surface area (Å²) in [5, 5.41) is 10.8. The topological polar surface area (TPSA) is 83.4 Å². The third-order valence-electron chi connectivity index (χ3n) is 4.51. The van der Waals surface area contributed by atoms with E-state index in [-0.39, 0.29) is 11.3 Å². The third-order valence-corrected chi connectivity index (χ3v) is 5.60. The van der Waals surface area contributed by atoms with E-state index in [1.165, 1.54) is 0 Å². The number of rotatable bonds is 7. The average molecular weight is 426 g/mol. The molecular formula is C19H21F3N4O2S. The minimum atomic E-state index is -3.03. The first-order valence-corrected chi connectivity index (χ1v) is 10.0. The van der Waals surface area contributed by atoms with Gasteiger partial charge in [-0.05, 0) is 24.3 Å². The van der Waals surface area contributed by atoms with E-state index in [1.807, 2.05) is 0 Å². The Morgan fingerprint density at radius 2 is 1.97 bits per heavy atom. The molecule has 2 aromatic carbocycles. The standard InChI is InChI=1S/C19H21F3N4O2S/c1-28-17-5-3-13(11-16(17)26-8-6-24-7-9-26)29(27)25-15-10-12(20)2-4-14(15)18(23)19(21)22/h2-5,10-11,19,23-25H,6-9H2,1H3. The van der Waals surface area contributed by atoms with Gasteiger partial charge in [0.1, 0.15) is 28.6 Å². The van der Waals surface area contributed by atoms with Gasteiger partial charge in [0.25, 0.3) is 6.43 Å². The number of nitrogens with one attached hydrogen (secondary N) is 3. The van der Waals surface area contributed by atoms with Crippen LogP contribution in [0.2, 0.25) is 0 Å². The molecule has 3 N–H and O–H groups in total. The first-order valence-electron chi connectivity index (χ1n) is 8.89. The number of piperazine rings is 1. The molecular weight excluding hydrogens is 405 g/mol. The second-order valence-electron chi connectivity index (χ2n) is 6.35. The molecule has 6 nitrogen and oxygen atoms in total. The van der Waals surface area contributed by atoms with Crippen LogP contribution in [0, 0.1) is 11.2 Å². The van der Waals surface area contributed by atoms with E-state index >= 15 is 0 Å². The molecule has 10 heteroatoms. The van der Waals surface area contributed by atoms with Crippen molar-refractivity contribution in [1.29, 1.82) is 5.41 Å². The van der Waals surface area contributed by atoms with Gasteiger partial charge in [0.05, 0.1) is 18.5 Å². The molecule has 1 heterocycles. The Kier molecular flexibility index (Phi) is 6.88. The quantitative estimate of drug-likeness (QED) is 0.468. The molecule has 29 heavy (non-hydrogen) atoms. The van der Waals surface area contributed by atoms with Gasteiger partial charge in [0.2, 0.25) is 0 Å². The van der Waals surface area contributed by atoms with Crippen LogP contribution in [0.25, 0.3) is 0 Å². The average Bonchev–Trinajstić information content (AvgIpc) is 2.73. The Morgan fingerprint density at radius 1 is 1.24 bits per heavy atom. The van der Waals surface area contributed by atoms with Gasteiger partial charge in [-0.1, -0.05) is 0 Å². The normalized spacial score (nSPS) is 15.3. The highest BCUT2D eigenvalue weighted by Crippen LogP contribution is 2.32. The van der Waals surface area contributed by atoms with Crippen LogP contribution in [-0.4, -0.2) is 50.0 Å². The Labute approximate surface area is 169 Å². The number of alkyl halides is 2. The molecule has 1 atom stereocenters. The van der Waals surface area contributed by atoms with Crippen LogP contribution in [0.1, 0.15) is 5.56 Å². The number of benzene rings is 2. The number of halogens is 3. The summed E-state index contributed by atoms with van der Waals surface area (Å²) in [6.07, 6.45) is -3.03. The first kappa shape index (κ1) is 21.3. The predicted octanol–water partition coefficient (Wildman–Crippen LogP) is 3.01. The SMILES string of the molecule is COc1ccc([S+]([O-])Nc2cc(F)ccc2C(=N)C(F)F)cc1N1CCNCC1. The molecule has 0 bridgehead atoms. The van der Waals surface area contributed by atoms with E-state index in [1.54, 1.807) is 25.3 Å². The van der Waals surface area contributed by atoms with Crippen LogP contribution in [0.5, 0.6) is 5.75 Å². The van der Waals surface area contributed by atoms with Crippen LogP contribution in [0.15, 0.2) is 41.3 Å². The number of nitrogens with zero attached hydrogens (tertiary/aromatic N) is 1. The molecule has 0 amide bonds. The molecule has 0 aromatic heterocycles. The van der Waals surface area contributed by atoms with Gasteiger partial charge in [-0.3, -0.25) is 5.41 Å². The van der Waals surface area contributed by atoms with Gasteiger partial charge in [0, 0.05) is 43.9 Å². The molecule has 0 aliphatic carbocycles. The van der Waals surface area contributed by atoms with Crippen molar-refractivity contribution in [1.82, 2.24) is 5.32 Å². The Morgan fingerprint density at radius 3 is 2.62 bits per heavy atom. The molecule has 1 fully saturated rings. The number of anilines is 2. The fraction of sp³-hybridized carbons (Fsp3) is 0.316. The molecule has 0 radical (unpaired) electrons. The smallest absolute Gasteiger partial charge is 0.280 e. The maximum absolute atomic E-state index is 13.6. The number of hydrogen-bond donors (Lipinski definition) is 3. The molecule has 1 unspecified atom stereocenters. The Bertz CT molecular complexity index is 879. The molecule has 0 saturated carbocycles. The molecule has 0 spiro atoms. The summed E-state index contributed by atoms with van der Waals surface area (Å²) >= 11 is -1.86. The lowest BCUT2D eigenvalue weighted by molar-refractivity contribution is 0.225.